The van der Waals surface area contributed by atoms with E-state index in [-0.39, 0.29) is 60.8 Å². The standard InChI is InChI=1S/C60H74N12O7S/c1-35(2)56(60(76)71-33-44(73)26-51(71)59(75)64-36(3)38-9-11-39(12-10-38)57-37(4)63-34-80-57)53-30-54(67-79-53)69-21-16-40(17-22-69)68-23-18-45(19-24-68)77-46-27-47(28-46)78-55-25-41(15-20-62-55)72-42-13-14-43(72)32-70(31-42)50-29-49(65-66-58(50)61)48-7-5-6-8-52(48)74/h5-12,15,20,25,29-30,34-36,40,42-47,51,56,73-74H,13-14,16-19,21-24,26-28,31-33H2,1-4H3,(H2,61,66)(H,64,75)/t36-,42+,43?,44+,46?,47?,51-,56+/m0/s1. The first-order valence-electron chi connectivity index (χ1n) is 28.8. The highest BCUT2D eigenvalue weighted by Crippen LogP contribution is 2.41. The zero-order chi connectivity index (χ0) is 55.2. The summed E-state index contributed by atoms with van der Waals surface area (Å²) in [5.41, 5.74) is 14.5. The van der Waals surface area contributed by atoms with Crippen molar-refractivity contribution in [1.29, 1.82) is 0 Å². The van der Waals surface area contributed by atoms with Crippen LogP contribution in [0.25, 0.3) is 21.7 Å². The van der Waals surface area contributed by atoms with Crippen LogP contribution in [0.4, 0.5) is 23.0 Å². The van der Waals surface area contributed by atoms with Crippen LogP contribution in [-0.4, -0.2) is 152 Å². The summed E-state index contributed by atoms with van der Waals surface area (Å²) in [6, 6.07) is 23.3. The molecule has 5 saturated heterocycles. The van der Waals surface area contributed by atoms with Gasteiger partial charge in [-0.1, -0.05) is 55.4 Å². The van der Waals surface area contributed by atoms with Gasteiger partial charge in [-0.2, -0.15) is 0 Å². The lowest BCUT2D eigenvalue weighted by atomic mass is 9.91. The van der Waals surface area contributed by atoms with Gasteiger partial charge >= 0.3 is 0 Å². The minimum atomic E-state index is -0.806. The number of aryl methyl sites for hydroxylation is 1. The molecule has 2 amide bonds. The number of likely N-dealkylation sites (tertiary alicyclic amines) is 2. The molecule has 2 aromatic carbocycles. The lowest BCUT2D eigenvalue weighted by Crippen LogP contribution is -2.54. The van der Waals surface area contributed by atoms with Crippen molar-refractivity contribution in [3.05, 3.63) is 102 Å². The number of thiazole rings is 1. The van der Waals surface area contributed by atoms with E-state index in [1.54, 1.807) is 23.5 Å². The first-order valence-corrected chi connectivity index (χ1v) is 29.7. The van der Waals surface area contributed by atoms with Gasteiger partial charge < -0.3 is 59.8 Å². The van der Waals surface area contributed by atoms with Gasteiger partial charge in [0.1, 0.15) is 23.8 Å². The summed E-state index contributed by atoms with van der Waals surface area (Å²) < 4.78 is 19.1. The molecule has 1 aliphatic carbocycles. The summed E-state index contributed by atoms with van der Waals surface area (Å²) >= 11 is 1.60. The lowest BCUT2D eigenvalue weighted by molar-refractivity contribution is -0.141. The second-order valence-corrected chi connectivity index (χ2v) is 24.2. The number of aromatic nitrogens is 5. The van der Waals surface area contributed by atoms with Crippen LogP contribution in [0.1, 0.15) is 108 Å². The van der Waals surface area contributed by atoms with E-state index >= 15 is 0 Å². The highest BCUT2D eigenvalue weighted by atomic mass is 32.1. The minimum absolute atomic E-state index is 0.0774. The summed E-state index contributed by atoms with van der Waals surface area (Å²) in [4.78, 5) is 49.6. The third-order valence-electron chi connectivity index (χ3n) is 17.7. The number of aliphatic hydroxyl groups is 1. The van der Waals surface area contributed by atoms with Gasteiger partial charge in [-0.05, 0) is 93.7 Å². The average molecular weight is 1110 g/mol. The number of phenols is 1. The number of nitrogens with two attached hydrogens (primary N) is 1. The Kier molecular flexibility index (Phi) is 15.4. The topological polar surface area (TPSA) is 225 Å². The molecule has 0 spiro atoms. The molecular weight excluding hydrogens is 1030 g/mol. The summed E-state index contributed by atoms with van der Waals surface area (Å²) in [5, 5.41) is 37.5. The number of nitrogens with one attached hydrogen (secondary N) is 1. The highest BCUT2D eigenvalue weighted by Gasteiger charge is 2.45. The molecule has 0 radical (unpaired) electrons. The van der Waals surface area contributed by atoms with Crippen LogP contribution < -0.4 is 30.5 Å². The number of hydrogen-bond acceptors (Lipinski definition) is 18. The maximum absolute atomic E-state index is 14.4. The molecule has 2 bridgehead atoms. The fourth-order valence-corrected chi connectivity index (χ4v) is 14.1. The largest absolute Gasteiger partial charge is 0.507 e. The molecule has 6 atom stereocenters. The van der Waals surface area contributed by atoms with E-state index < -0.39 is 18.1 Å². The fourth-order valence-electron chi connectivity index (χ4n) is 13.3. The molecule has 12 rings (SSSR count). The molecule has 19 nitrogen and oxygen atoms in total. The van der Waals surface area contributed by atoms with E-state index in [1.165, 1.54) is 4.90 Å². The molecular formula is C60H74N12O7S. The van der Waals surface area contributed by atoms with E-state index in [2.05, 4.69) is 62.4 Å². The molecule has 4 aromatic heterocycles. The van der Waals surface area contributed by atoms with Crippen molar-refractivity contribution in [3.8, 4) is 33.3 Å². The first kappa shape index (κ1) is 53.8. The number of benzene rings is 2. The van der Waals surface area contributed by atoms with Crippen molar-refractivity contribution < 1.29 is 33.8 Å². The maximum Gasteiger partial charge on any atom is 0.243 e. The van der Waals surface area contributed by atoms with Crippen molar-refractivity contribution in [3.63, 3.8) is 0 Å². The Labute approximate surface area is 471 Å². The van der Waals surface area contributed by atoms with E-state index in [0.717, 1.165) is 130 Å². The number of piperazine rings is 1. The molecule has 422 valence electrons. The van der Waals surface area contributed by atoms with E-state index in [0.29, 0.717) is 46.8 Å². The fraction of sp³-hybridized carbons (Fsp3) is 0.517. The summed E-state index contributed by atoms with van der Waals surface area (Å²) in [7, 11) is 0. The number of piperidine rings is 2. The number of carbonyl (C=O) groups excluding carboxylic acids is 2. The Balaban J connectivity index is 0.576. The SMILES string of the molecule is Cc1ncsc1-c1ccc([C@H](C)NC(=O)[C@@H]2C[C@@H](O)CN2C(=O)[C@@H](c2cc(N3CCC(N4CCC(OC5CC(Oc6cc(N7C8CC[C@@H]7CN(c7cc(-c9ccccc9O)nnc7N)C8)ccn6)C5)CC4)CC3)no2)C(C)C)cc1. The number of aliphatic hydroxyl groups excluding tert-OH is 1. The predicted molar refractivity (Wildman–Crippen MR) is 307 cm³/mol. The third-order valence-corrected chi connectivity index (χ3v) is 18.7. The molecule has 6 aromatic rings. The monoisotopic (exact) mass is 1110 g/mol. The number of nitrogens with zero attached hydrogens (tertiary/aromatic N) is 10. The first-order chi connectivity index (χ1) is 38.8. The highest BCUT2D eigenvalue weighted by molar-refractivity contribution is 7.13. The Morgan fingerprint density at radius 1 is 0.812 bits per heavy atom. The van der Waals surface area contributed by atoms with Gasteiger partial charge in [0.25, 0.3) is 0 Å². The molecule has 5 N–H and O–H groups in total. The number of β-amino-alcohol motifs (C(OH)–C–C–N with tert-alkyl or cyclic N) is 1. The van der Waals surface area contributed by atoms with Crippen LogP contribution in [0, 0.1) is 12.8 Å². The van der Waals surface area contributed by atoms with Crippen LogP contribution in [0.3, 0.4) is 0 Å². The molecule has 5 aliphatic heterocycles. The summed E-state index contributed by atoms with van der Waals surface area (Å²) in [6.45, 7) is 13.3. The molecule has 9 heterocycles. The predicted octanol–water partition coefficient (Wildman–Crippen LogP) is 7.74. The second kappa shape index (κ2) is 22.9. The van der Waals surface area contributed by atoms with Crippen LogP contribution in [-0.2, 0) is 14.3 Å². The van der Waals surface area contributed by atoms with Crippen LogP contribution in [0.15, 0.2) is 89.0 Å². The molecule has 6 fully saturated rings. The number of aromatic hydroxyl groups is 1. The van der Waals surface area contributed by atoms with Crippen molar-refractivity contribution in [2.24, 2.45) is 5.92 Å². The number of pyridine rings is 1. The van der Waals surface area contributed by atoms with Gasteiger partial charge in [0.05, 0.1) is 51.8 Å². The maximum atomic E-state index is 14.4. The van der Waals surface area contributed by atoms with Crippen LogP contribution in [0.5, 0.6) is 11.6 Å². The Morgan fingerprint density at radius 2 is 1.56 bits per heavy atom. The smallest absolute Gasteiger partial charge is 0.243 e. The normalized spacial score (nSPS) is 24.5. The number of rotatable bonds is 16. The van der Waals surface area contributed by atoms with Gasteiger partial charge in [-0.25, -0.2) is 9.97 Å². The Hall–Kier alpha value is -6.87. The number of para-hydroxylation sites is 1. The number of fused-ring (bicyclic) bond motifs is 2. The van der Waals surface area contributed by atoms with Crippen molar-refractivity contribution in [2.75, 3.05) is 66.2 Å². The quantitative estimate of drug-likeness (QED) is 0.0727. The van der Waals surface area contributed by atoms with Crippen LogP contribution >= 0.6 is 11.3 Å². The molecule has 80 heavy (non-hydrogen) atoms. The number of carbonyl (C=O) groups is 2. The summed E-state index contributed by atoms with van der Waals surface area (Å²) in [6.07, 6.45) is 9.65. The lowest BCUT2D eigenvalue weighted by Gasteiger charge is -2.44. The molecule has 6 aliphatic rings. The number of phenolic OH excluding ortho intramolecular Hbond substituents is 1. The Morgan fingerprint density at radius 3 is 2.27 bits per heavy atom. The molecule has 1 unspecified atom stereocenters. The minimum Gasteiger partial charge on any atom is -0.507 e. The van der Waals surface area contributed by atoms with Crippen molar-refractivity contribution >= 4 is 46.2 Å². The zero-order valence-corrected chi connectivity index (χ0v) is 47.0. The van der Waals surface area contributed by atoms with Gasteiger partial charge in [0.15, 0.2) is 17.4 Å². The van der Waals surface area contributed by atoms with Gasteiger partial charge in [0.2, 0.25) is 17.7 Å². The average Bonchev–Trinajstić information content (AvgIpc) is 4.29. The van der Waals surface area contributed by atoms with Gasteiger partial charge in [-0.15, -0.1) is 21.5 Å². The third kappa shape index (κ3) is 11.2. The zero-order valence-electron chi connectivity index (χ0n) is 46.1. The van der Waals surface area contributed by atoms with E-state index in [1.807, 2.05) is 87.9 Å². The van der Waals surface area contributed by atoms with Gasteiger partial charge in [0, 0.05) is 113 Å². The number of ether oxygens (including phenoxy) is 2. The Bertz CT molecular complexity index is 3120. The second-order valence-electron chi connectivity index (χ2n) is 23.3. The number of anilines is 4. The van der Waals surface area contributed by atoms with Crippen molar-refractivity contribution in [1.82, 2.24) is 40.4 Å². The van der Waals surface area contributed by atoms with Gasteiger partial charge in [-0.3, -0.25) is 9.59 Å². The van der Waals surface area contributed by atoms with E-state index in [9.17, 15) is 19.8 Å². The molecule has 20 heteroatoms. The molecule has 1 saturated carbocycles. The number of amides is 2. The number of nitrogen functional groups attached to an aromatic ring is 1. The summed E-state index contributed by atoms with van der Waals surface area (Å²) in [5.74, 6) is 1.09. The number of hydrogen-bond donors (Lipinski definition) is 4. The van der Waals surface area contributed by atoms with Crippen LogP contribution in [0.2, 0.25) is 0 Å². The van der Waals surface area contributed by atoms with Crippen molar-refractivity contribution in [2.45, 2.75) is 146 Å². The van der Waals surface area contributed by atoms with E-state index in [4.69, 9.17) is 19.7 Å².